The van der Waals surface area contributed by atoms with Crippen LogP contribution in [0, 0.1) is 22.7 Å². The molecule has 0 unspecified atom stereocenters. The maximum Gasteiger partial charge on any atom is 0.224 e. The van der Waals surface area contributed by atoms with Gasteiger partial charge in [-0.05, 0) is 41.2 Å². The second kappa shape index (κ2) is 6.22. The molecule has 1 saturated carbocycles. The van der Waals surface area contributed by atoms with E-state index in [9.17, 15) is 10.1 Å². The molecule has 1 aromatic carbocycles. The summed E-state index contributed by atoms with van der Waals surface area (Å²) < 4.78 is 5.40. The van der Waals surface area contributed by atoms with Crippen LogP contribution in [0.25, 0.3) is 0 Å². The molecule has 128 valence electrons. The standard InChI is InChI=1S/C20H26N2O2/c1-19(2,3)15-6-4-14(5-7-15)17(13-21)22-18(23)16-12-20(16)8-10-24-11-9-20/h4-7,16-17H,8-12H2,1-3H3,(H,22,23)/t16-,17+/m0/s1. The molecule has 2 atom stereocenters. The summed E-state index contributed by atoms with van der Waals surface area (Å²) in [6.45, 7) is 7.98. The van der Waals surface area contributed by atoms with Crippen LogP contribution in [0.4, 0.5) is 0 Å². The first-order valence-electron chi connectivity index (χ1n) is 8.74. The molecule has 3 rings (SSSR count). The zero-order chi connectivity index (χ0) is 17.4. The monoisotopic (exact) mass is 326 g/mol. The summed E-state index contributed by atoms with van der Waals surface area (Å²) in [4.78, 5) is 12.5. The van der Waals surface area contributed by atoms with Crippen molar-refractivity contribution in [1.82, 2.24) is 5.32 Å². The van der Waals surface area contributed by atoms with Crippen LogP contribution in [0.3, 0.4) is 0 Å². The van der Waals surface area contributed by atoms with Crippen molar-refractivity contribution in [3.8, 4) is 6.07 Å². The van der Waals surface area contributed by atoms with Crippen LogP contribution in [0.5, 0.6) is 0 Å². The van der Waals surface area contributed by atoms with E-state index in [1.807, 2.05) is 24.3 Å². The third-order valence-electron chi connectivity index (χ3n) is 5.52. The van der Waals surface area contributed by atoms with Gasteiger partial charge in [-0.25, -0.2) is 0 Å². The van der Waals surface area contributed by atoms with Gasteiger partial charge in [-0.3, -0.25) is 4.79 Å². The van der Waals surface area contributed by atoms with E-state index in [0.29, 0.717) is 0 Å². The predicted octanol–water partition coefficient (Wildman–Crippen LogP) is 3.48. The van der Waals surface area contributed by atoms with Gasteiger partial charge >= 0.3 is 0 Å². The Morgan fingerprint density at radius 3 is 2.46 bits per heavy atom. The minimum atomic E-state index is -0.580. The quantitative estimate of drug-likeness (QED) is 0.925. The molecule has 4 nitrogen and oxygen atoms in total. The molecule has 1 spiro atoms. The Bertz CT molecular complexity index is 646. The maximum absolute atomic E-state index is 12.5. The second-order valence-corrected chi connectivity index (χ2v) is 8.17. The van der Waals surface area contributed by atoms with E-state index in [0.717, 1.165) is 38.0 Å². The molecule has 1 N–H and O–H groups in total. The summed E-state index contributed by atoms with van der Waals surface area (Å²) in [6, 6.07) is 9.63. The number of benzene rings is 1. The molecule has 2 aliphatic rings. The highest BCUT2D eigenvalue weighted by Crippen LogP contribution is 2.59. The molecule has 1 saturated heterocycles. The highest BCUT2D eigenvalue weighted by Gasteiger charge is 2.58. The van der Waals surface area contributed by atoms with Crippen molar-refractivity contribution in [2.24, 2.45) is 11.3 Å². The van der Waals surface area contributed by atoms with Crippen LogP contribution >= 0.6 is 0 Å². The summed E-state index contributed by atoms with van der Waals surface area (Å²) >= 11 is 0. The first kappa shape index (κ1) is 17.0. The van der Waals surface area contributed by atoms with E-state index in [1.165, 1.54) is 5.56 Å². The predicted molar refractivity (Wildman–Crippen MR) is 92.2 cm³/mol. The number of nitriles is 1. The molecule has 1 aliphatic heterocycles. The van der Waals surface area contributed by atoms with E-state index in [4.69, 9.17) is 4.74 Å². The normalized spacial score (nSPS) is 23.3. The molecule has 1 aromatic rings. The van der Waals surface area contributed by atoms with Crippen LogP contribution < -0.4 is 5.32 Å². The largest absolute Gasteiger partial charge is 0.381 e. The van der Waals surface area contributed by atoms with Gasteiger partial charge in [-0.15, -0.1) is 0 Å². The van der Waals surface area contributed by atoms with Gasteiger partial charge in [0.05, 0.1) is 6.07 Å². The molecule has 4 heteroatoms. The van der Waals surface area contributed by atoms with Crippen LogP contribution in [0.15, 0.2) is 24.3 Å². The average molecular weight is 326 g/mol. The van der Waals surface area contributed by atoms with Crippen molar-refractivity contribution in [3.05, 3.63) is 35.4 Å². The summed E-state index contributed by atoms with van der Waals surface area (Å²) in [6.07, 6.45) is 2.86. The molecular formula is C20H26N2O2. The highest BCUT2D eigenvalue weighted by atomic mass is 16.5. The number of carbonyl (C=O) groups is 1. The Morgan fingerprint density at radius 2 is 1.92 bits per heavy atom. The lowest BCUT2D eigenvalue weighted by molar-refractivity contribution is -0.124. The highest BCUT2D eigenvalue weighted by molar-refractivity contribution is 5.83. The van der Waals surface area contributed by atoms with Gasteiger partial charge in [-0.1, -0.05) is 45.0 Å². The molecular weight excluding hydrogens is 300 g/mol. The van der Waals surface area contributed by atoms with Crippen LogP contribution in [-0.4, -0.2) is 19.1 Å². The fourth-order valence-corrected chi connectivity index (χ4v) is 3.66. The van der Waals surface area contributed by atoms with Crippen LogP contribution in [0.1, 0.15) is 57.2 Å². The zero-order valence-corrected chi connectivity index (χ0v) is 14.8. The minimum Gasteiger partial charge on any atom is -0.381 e. The number of ether oxygens (including phenoxy) is 1. The molecule has 0 aromatic heterocycles. The third-order valence-corrected chi connectivity index (χ3v) is 5.52. The number of nitrogens with one attached hydrogen (secondary N) is 1. The molecule has 0 bridgehead atoms. The number of hydrogen-bond donors (Lipinski definition) is 1. The van der Waals surface area contributed by atoms with Crippen molar-refractivity contribution >= 4 is 5.91 Å². The van der Waals surface area contributed by atoms with Gasteiger partial charge in [0.25, 0.3) is 0 Å². The van der Waals surface area contributed by atoms with Gasteiger partial charge < -0.3 is 10.1 Å². The smallest absolute Gasteiger partial charge is 0.224 e. The Kier molecular flexibility index (Phi) is 4.40. The zero-order valence-electron chi connectivity index (χ0n) is 14.8. The van der Waals surface area contributed by atoms with E-state index in [2.05, 4.69) is 32.2 Å². The number of hydrogen-bond acceptors (Lipinski definition) is 3. The Hall–Kier alpha value is -1.86. The third kappa shape index (κ3) is 3.32. The van der Waals surface area contributed by atoms with Gasteiger partial charge in [0, 0.05) is 19.1 Å². The van der Waals surface area contributed by atoms with Crippen molar-refractivity contribution in [1.29, 1.82) is 5.26 Å². The van der Waals surface area contributed by atoms with E-state index >= 15 is 0 Å². The van der Waals surface area contributed by atoms with Gasteiger partial charge in [-0.2, -0.15) is 5.26 Å². The molecule has 1 aliphatic carbocycles. The van der Waals surface area contributed by atoms with Crippen LogP contribution in [0.2, 0.25) is 0 Å². The SMILES string of the molecule is CC(C)(C)c1ccc([C@@H](C#N)NC(=O)[C@@H]2CC23CCOCC3)cc1. The lowest BCUT2D eigenvalue weighted by Crippen LogP contribution is -2.32. The average Bonchev–Trinajstić information content (AvgIpc) is 3.25. The Morgan fingerprint density at radius 1 is 1.29 bits per heavy atom. The maximum atomic E-state index is 12.5. The number of rotatable bonds is 3. The van der Waals surface area contributed by atoms with E-state index in [-0.39, 0.29) is 22.7 Å². The second-order valence-electron chi connectivity index (χ2n) is 8.17. The first-order valence-corrected chi connectivity index (χ1v) is 8.74. The van der Waals surface area contributed by atoms with Crippen LogP contribution in [-0.2, 0) is 14.9 Å². The molecule has 2 fully saturated rings. The van der Waals surface area contributed by atoms with E-state index in [1.54, 1.807) is 0 Å². The van der Waals surface area contributed by atoms with Gasteiger partial charge in [0.15, 0.2) is 0 Å². The molecule has 24 heavy (non-hydrogen) atoms. The number of carbonyl (C=O) groups excluding carboxylic acids is 1. The molecule has 1 amide bonds. The summed E-state index contributed by atoms with van der Waals surface area (Å²) in [5.41, 5.74) is 2.28. The number of amides is 1. The lowest BCUT2D eigenvalue weighted by Gasteiger charge is -2.23. The van der Waals surface area contributed by atoms with Gasteiger partial charge in [0.1, 0.15) is 6.04 Å². The molecule has 0 radical (unpaired) electrons. The fraction of sp³-hybridized carbons (Fsp3) is 0.600. The van der Waals surface area contributed by atoms with Gasteiger partial charge in [0.2, 0.25) is 5.91 Å². The minimum absolute atomic E-state index is 0.0170. The Labute approximate surface area is 144 Å². The van der Waals surface area contributed by atoms with Crippen molar-refractivity contribution in [2.45, 2.75) is 51.5 Å². The fourth-order valence-electron chi connectivity index (χ4n) is 3.66. The topological polar surface area (TPSA) is 62.1 Å². The summed E-state index contributed by atoms with van der Waals surface area (Å²) in [5.74, 6) is 0.0643. The summed E-state index contributed by atoms with van der Waals surface area (Å²) in [7, 11) is 0. The van der Waals surface area contributed by atoms with Crippen molar-refractivity contribution in [2.75, 3.05) is 13.2 Å². The van der Waals surface area contributed by atoms with E-state index < -0.39 is 6.04 Å². The number of nitrogens with zero attached hydrogens (tertiary/aromatic N) is 1. The van der Waals surface area contributed by atoms with Crippen molar-refractivity contribution in [3.63, 3.8) is 0 Å². The first-order chi connectivity index (χ1) is 11.4. The van der Waals surface area contributed by atoms with Crippen molar-refractivity contribution < 1.29 is 9.53 Å². The molecule has 1 heterocycles. The Balaban J connectivity index is 1.65. The lowest BCUT2D eigenvalue weighted by atomic mass is 9.86. The summed E-state index contributed by atoms with van der Waals surface area (Å²) in [5, 5.41) is 12.4.